The Morgan fingerprint density at radius 3 is 3.05 bits per heavy atom. The monoisotopic (exact) mass is 275 g/mol. The summed E-state index contributed by atoms with van der Waals surface area (Å²) in [7, 11) is 3.48. The minimum absolute atomic E-state index is 0.395. The average molecular weight is 275 g/mol. The smallest absolute Gasteiger partial charge is 0.158 e. The first kappa shape index (κ1) is 12.8. The molecule has 3 rings (SSSR count). The van der Waals surface area contributed by atoms with Crippen LogP contribution < -0.4 is 10.2 Å². The maximum Gasteiger partial charge on any atom is 0.158 e. The Morgan fingerprint density at radius 1 is 1.35 bits per heavy atom. The van der Waals surface area contributed by atoms with Gasteiger partial charge in [-0.15, -0.1) is 10.2 Å². The Morgan fingerprint density at radius 2 is 2.25 bits per heavy atom. The molecule has 0 unspecified atom stereocenters. The minimum atomic E-state index is 0.395. The van der Waals surface area contributed by atoms with Crippen molar-refractivity contribution in [2.24, 2.45) is 0 Å². The second-order valence-electron chi connectivity index (χ2n) is 4.57. The molecule has 0 amide bonds. The van der Waals surface area contributed by atoms with E-state index in [1.54, 1.807) is 13.4 Å². The SMILES string of the molecule is CNc1cc(N2CCn3cnnc3C2)nc(COC)n1. The molecule has 0 spiro atoms. The van der Waals surface area contributed by atoms with E-state index in [1.807, 2.05) is 13.1 Å². The number of ether oxygens (including phenoxy) is 1. The van der Waals surface area contributed by atoms with E-state index >= 15 is 0 Å². The average Bonchev–Trinajstić information content (AvgIpc) is 2.94. The second-order valence-corrected chi connectivity index (χ2v) is 4.57. The quantitative estimate of drug-likeness (QED) is 0.858. The zero-order valence-corrected chi connectivity index (χ0v) is 11.6. The van der Waals surface area contributed by atoms with Crippen molar-refractivity contribution in [1.82, 2.24) is 24.7 Å². The van der Waals surface area contributed by atoms with Gasteiger partial charge in [-0.2, -0.15) is 0 Å². The third kappa shape index (κ3) is 2.42. The second kappa shape index (κ2) is 5.41. The van der Waals surface area contributed by atoms with Crippen LogP contribution in [0.4, 0.5) is 11.6 Å². The number of methoxy groups -OCH3 is 1. The van der Waals surface area contributed by atoms with Crippen molar-refractivity contribution in [3.05, 3.63) is 24.0 Å². The van der Waals surface area contributed by atoms with Crippen LogP contribution in [0.25, 0.3) is 0 Å². The molecule has 2 aromatic rings. The largest absolute Gasteiger partial charge is 0.377 e. The summed E-state index contributed by atoms with van der Waals surface area (Å²) in [6.45, 7) is 2.83. The lowest BCUT2D eigenvalue weighted by Crippen LogP contribution is -2.34. The van der Waals surface area contributed by atoms with Crippen LogP contribution in [-0.2, 0) is 24.4 Å². The molecule has 2 aromatic heterocycles. The van der Waals surface area contributed by atoms with Gasteiger partial charge in [0.15, 0.2) is 11.6 Å². The van der Waals surface area contributed by atoms with Gasteiger partial charge in [-0.05, 0) is 0 Å². The lowest BCUT2D eigenvalue weighted by atomic mass is 10.3. The Labute approximate surface area is 116 Å². The number of nitrogens with one attached hydrogen (secondary N) is 1. The molecular weight excluding hydrogens is 258 g/mol. The van der Waals surface area contributed by atoms with Crippen LogP contribution in [0.15, 0.2) is 12.4 Å². The highest BCUT2D eigenvalue weighted by Crippen LogP contribution is 2.20. The maximum absolute atomic E-state index is 5.12. The highest BCUT2D eigenvalue weighted by atomic mass is 16.5. The molecule has 0 aliphatic carbocycles. The van der Waals surface area contributed by atoms with E-state index in [1.165, 1.54) is 0 Å². The van der Waals surface area contributed by atoms with Crippen LogP contribution in [0.5, 0.6) is 0 Å². The molecule has 8 nitrogen and oxygen atoms in total. The molecular formula is C12H17N7O. The minimum Gasteiger partial charge on any atom is -0.377 e. The molecule has 1 aliphatic heterocycles. The summed E-state index contributed by atoms with van der Waals surface area (Å²) in [6.07, 6.45) is 1.77. The lowest BCUT2D eigenvalue weighted by Gasteiger charge is -2.28. The van der Waals surface area contributed by atoms with Gasteiger partial charge in [0, 0.05) is 33.3 Å². The Kier molecular flexibility index (Phi) is 3.46. The number of rotatable bonds is 4. The molecule has 0 aromatic carbocycles. The van der Waals surface area contributed by atoms with Gasteiger partial charge in [0.25, 0.3) is 0 Å². The molecule has 1 aliphatic rings. The third-order valence-electron chi connectivity index (χ3n) is 3.25. The number of anilines is 2. The zero-order chi connectivity index (χ0) is 13.9. The first-order chi connectivity index (χ1) is 9.80. The maximum atomic E-state index is 5.12. The van der Waals surface area contributed by atoms with Crippen LogP contribution in [0.3, 0.4) is 0 Å². The molecule has 0 radical (unpaired) electrons. The molecule has 0 bridgehead atoms. The van der Waals surface area contributed by atoms with Gasteiger partial charge in [-0.1, -0.05) is 0 Å². The molecule has 0 fully saturated rings. The van der Waals surface area contributed by atoms with Gasteiger partial charge in [-0.3, -0.25) is 0 Å². The van der Waals surface area contributed by atoms with E-state index in [2.05, 4.69) is 34.9 Å². The molecule has 0 saturated carbocycles. The summed E-state index contributed by atoms with van der Waals surface area (Å²) in [4.78, 5) is 11.1. The van der Waals surface area contributed by atoms with Gasteiger partial charge in [0.1, 0.15) is 24.6 Å². The van der Waals surface area contributed by atoms with E-state index in [4.69, 9.17) is 4.74 Å². The Hall–Kier alpha value is -2.22. The Balaban J connectivity index is 1.88. The first-order valence-electron chi connectivity index (χ1n) is 6.46. The molecule has 20 heavy (non-hydrogen) atoms. The van der Waals surface area contributed by atoms with Gasteiger partial charge in [0.2, 0.25) is 0 Å². The lowest BCUT2D eigenvalue weighted by molar-refractivity contribution is 0.178. The number of fused-ring (bicyclic) bond motifs is 1. The molecule has 0 saturated heterocycles. The molecule has 3 heterocycles. The van der Waals surface area contributed by atoms with E-state index in [0.717, 1.165) is 30.5 Å². The van der Waals surface area contributed by atoms with Gasteiger partial charge >= 0.3 is 0 Å². The zero-order valence-electron chi connectivity index (χ0n) is 11.6. The summed E-state index contributed by atoms with van der Waals surface area (Å²) < 4.78 is 7.18. The summed E-state index contributed by atoms with van der Waals surface area (Å²) in [5.41, 5.74) is 0. The van der Waals surface area contributed by atoms with Crippen LogP contribution in [0, 0.1) is 0 Å². The van der Waals surface area contributed by atoms with Crippen molar-refractivity contribution in [3.63, 3.8) is 0 Å². The summed E-state index contributed by atoms with van der Waals surface area (Å²) in [5.74, 6) is 3.29. The van der Waals surface area contributed by atoms with Crippen molar-refractivity contribution in [1.29, 1.82) is 0 Å². The number of hydrogen-bond acceptors (Lipinski definition) is 7. The topological polar surface area (TPSA) is 81.0 Å². The number of nitrogens with zero attached hydrogens (tertiary/aromatic N) is 6. The van der Waals surface area contributed by atoms with Crippen molar-refractivity contribution >= 4 is 11.6 Å². The van der Waals surface area contributed by atoms with E-state index < -0.39 is 0 Å². The van der Waals surface area contributed by atoms with Crippen molar-refractivity contribution in [2.45, 2.75) is 19.7 Å². The van der Waals surface area contributed by atoms with E-state index in [-0.39, 0.29) is 0 Å². The Bertz CT molecular complexity index is 597. The number of aromatic nitrogens is 5. The predicted octanol–water partition coefficient (Wildman–Crippen LogP) is 0.276. The molecule has 8 heteroatoms. The van der Waals surface area contributed by atoms with Crippen LogP contribution in [0.2, 0.25) is 0 Å². The normalized spacial score (nSPS) is 14.2. The summed E-state index contributed by atoms with van der Waals surface area (Å²) in [5, 5.41) is 11.1. The van der Waals surface area contributed by atoms with Gasteiger partial charge in [0.05, 0.1) is 6.54 Å². The standard InChI is InChI=1S/C12H17N7O/c1-13-9-5-11(16-10(15-9)7-20-2)18-3-4-19-8-14-17-12(19)6-18/h5,8H,3-4,6-7H2,1-2H3,(H,13,15,16). The third-order valence-corrected chi connectivity index (χ3v) is 3.25. The van der Waals surface area contributed by atoms with Crippen molar-refractivity contribution in [3.8, 4) is 0 Å². The highest BCUT2D eigenvalue weighted by molar-refractivity contribution is 5.49. The van der Waals surface area contributed by atoms with Gasteiger partial charge in [-0.25, -0.2) is 9.97 Å². The van der Waals surface area contributed by atoms with Crippen LogP contribution in [0.1, 0.15) is 11.6 Å². The molecule has 106 valence electrons. The van der Waals surface area contributed by atoms with Crippen molar-refractivity contribution in [2.75, 3.05) is 30.9 Å². The van der Waals surface area contributed by atoms with Crippen LogP contribution >= 0.6 is 0 Å². The van der Waals surface area contributed by atoms with Crippen molar-refractivity contribution < 1.29 is 4.74 Å². The first-order valence-corrected chi connectivity index (χ1v) is 6.46. The van der Waals surface area contributed by atoms with E-state index in [9.17, 15) is 0 Å². The fourth-order valence-electron chi connectivity index (χ4n) is 2.23. The highest BCUT2D eigenvalue weighted by Gasteiger charge is 2.19. The fourth-order valence-corrected chi connectivity index (χ4v) is 2.23. The molecule has 1 N–H and O–H groups in total. The summed E-state index contributed by atoms with van der Waals surface area (Å²) in [6, 6.07) is 1.94. The van der Waals surface area contributed by atoms with E-state index in [0.29, 0.717) is 19.0 Å². The predicted molar refractivity (Wildman–Crippen MR) is 73.4 cm³/mol. The summed E-state index contributed by atoms with van der Waals surface area (Å²) >= 11 is 0. The fraction of sp³-hybridized carbons (Fsp3) is 0.500. The van der Waals surface area contributed by atoms with Crippen LogP contribution in [-0.4, -0.2) is 45.4 Å². The number of hydrogen-bond donors (Lipinski definition) is 1. The van der Waals surface area contributed by atoms with Gasteiger partial charge < -0.3 is 19.5 Å². The molecule has 0 atom stereocenters.